The molecule has 3 aromatic carbocycles. The standard InChI is InChI=1S/C23H18ClN5OS/c24-19-11-13-20(14-12-19)29-22(18-9-5-2-6-10-18)27-28-23(29)31-16-21(30)26-25-15-17-7-3-1-4-8-17/h1-15H,16H2,(H,26,30)/b25-15-. The average molecular weight is 448 g/mol. The summed E-state index contributed by atoms with van der Waals surface area (Å²) in [6.45, 7) is 0. The largest absolute Gasteiger partial charge is 0.272 e. The summed E-state index contributed by atoms with van der Waals surface area (Å²) in [4.78, 5) is 12.3. The molecular weight excluding hydrogens is 430 g/mol. The third kappa shape index (κ3) is 5.39. The van der Waals surface area contributed by atoms with Crippen LogP contribution in [0.2, 0.25) is 5.02 Å². The molecule has 4 rings (SSSR count). The molecule has 1 aromatic heterocycles. The van der Waals surface area contributed by atoms with E-state index in [1.54, 1.807) is 6.21 Å². The normalized spacial score (nSPS) is 11.0. The van der Waals surface area contributed by atoms with Crippen LogP contribution in [0, 0.1) is 0 Å². The van der Waals surface area contributed by atoms with E-state index in [9.17, 15) is 4.79 Å². The second-order valence-corrected chi connectivity index (χ2v) is 7.86. The van der Waals surface area contributed by atoms with Crippen LogP contribution >= 0.6 is 23.4 Å². The first-order chi connectivity index (χ1) is 15.2. The van der Waals surface area contributed by atoms with Gasteiger partial charge in [0.05, 0.1) is 12.0 Å². The number of aromatic nitrogens is 3. The third-order valence-electron chi connectivity index (χ3n) is 4.28. The maximum absolute atomic E-state index is 12.3. The van der Waals surface area contributed by atoms with Gasteiger partial charge < -0.3 is 0 Å². The van der Waals surface area contributed by atoms with Crippen molar-refractivity contribution in [2.75, 3.05) is 5.75 Å². The molecule has 1 heterocycles. The minimum absolute atomic E-state index is 0.145. The fourth-order valence-corrected chi connectivity index (χ4v) is 3.71. The molecule has 0 aliphatic rings. The van der Waals surface area contributed by atoms with Gasteiger partial charge in [-0.25, -0.2) is 5.43 Å². The van der Waals surface area contributed by atoms with Crippen LogP contribution in [0.15, 0.2) is 95.2 Å². The molecule has 4 aromatic rings. The second-order valence-electron chi connectivity index (χ2n) is 6.48. The van der Waals surface area contributed by atoms with Crippen LogP contribution in [0.3, 0.4) is 0 Å². The number of nitrogens with one attached hydrogen (secondary N) is 1. The van der Waals surface area contributed by atoms with Crippen LogP contribution in [0.1, 0.15) is 5.56 Å². The maximum atomic E-state index is 12.3. The number of hydrogen-bond donors (Lipinski definition) is 1. The van der Waals surface area contributed by atoms with Gasteiger partial charge in [-0.2, -0.15) is 5.10 Å². The highest BCUT2D eigenvalue weighted by atomic mass is 35.5. The Bertz CT molecular complexity index is 1180. The average Bonchev–Trinajstić information content (AvgIpc) is 3.23. The van der Waals surface area contributed by atoms with Crippen molar-refractivity contribution in [1.29, 1.82) is 0 Å². The van der Waals surface area contributed by atoms with E-state index in [-0.39, 0.29) is 11.7 Å². The Balaban J connectivity index is 1.51. The summed E-state index contributed by atoms with van der Waals surface area (Å²) in [5.41, 5.74) is 5.23. The summed E-state index contributed by atoms with van der Waals surface area (Å²) in [5.74, 6) is 0.601. The summed E-state index contributed by atoms with van der Waals surface area (Å²) < 4.78 is 1.91. The molecule has 154 valence electrons. The molecule has 0 bridgehead atoms. The van der Waals surface area contributed by atoms with Crippen molar-refractivity contribution in [2.24, 2.45) is 5.10 Å². The molecule has 31 heavy (non-hydrogen) atoms. The fourth-order valence-electron chi connectivity index (χ4n) is 2.84. The predicted molar refractivity (Wildman–Crippen MR) is 125 cm³/mol. The van der Waals surface area contributed by atoms with Gasteiger partial charge in [-0.05, 0) is 29.8 Å². The van der Waals surface area contributed by atoms with Crippen molar-refractivity contribution in [2.45, 2.75) is 5.16 Å². The topological polar surface area (TPSA) is 72.2 Å². The summed E-state index contributed by atoms with van der Waals surface area (Å²) in [5, 5.41) is 13.9. The number of hydrogen-bond acceptors (Lipinski definition) is 5. The maximum Gasteiger partial charge on any atom is 0.250 e. The van der Waals surface area contributed by atoms with Gasteiger partial charge in [0.25, 0.3) is 5.91 Å². The molecule has 0 saturated heterocycles. The molecule has 0 saturated carbocycles. The zero-order valence-electron chi connectivity index (χ0n) is 16.4. The molecule has 6 nitrogen and oxygen atoms in total. The molecule has 0 aliphatic carbocycles. The smallest absolute Gasteiger partial charge is 0.250 e. The van der Waals surface area contributed by atoms with Gasteiger partial charge in [0.2, 0.25) is 0 Å². The molecular formula is C23H18ClN5OS. The van der Waals surface area contributed by atoms with Crippen molar-refractivity contribution in [3.8, 4) is 17.1 Å². The Morgan fingerprint density at radius 1 is 0.968 bits per heavy atom. The molecule has 0 unspecified atom stereocenters. The van der Waals surface area contributed by atoms with Crippen molar-refractivity contribution in [3.63, 3.8) is 0 Å². The van der Waals surface area contributed by atoms with Gasteiger partial charge in [-0.15, -0.1) is 10.2 Å². The van der Waals surface area contributed by atoms with E-state index in [2.05, 4.69) is 20.7 Å². The number of nitrogens with zero attached hydrogens (tertiary/aromatic N) is 4. The number of thioether (sulfide) groups is 1. The molecule has 1 amide bonds. The Kier molecular flexibility index (Phi) is 6.76. The van der Waals surface area contributed by atoms with Gasteiger partial charge in [0.15, 0.2) is 11.0 Å². The molecule has 0 spiro atoms. The molecule has 0 radical (unpaired) electrons. The van der Waals surface area contributed by atoms with Crippen LogP contribution in [0.25, 0.3) is 17.1 Å². The van der Waals surface area contributed by atoms with Crippen LogP contribution in [0.5, 0.6) is 0 Å². The first kappa shape index (κ1) is 20.8. The molecule has 0 fully saturated rings. The molecule has 1 N–H and O–H groups in total. The highest BCUT2D eigenvalue weighted by molar-refractivity contribution is 7.99. The number of rotatable bonds is 7. The Hall–Kier alpha value is -3.42. The SMILES string of the molecule is O=C(CSc1nnc(-c2ccccc2)n1-c1ccc(Cl)cc1)N/N=C\c1ccccc1. The van der Waals surface area contributed by atoms with Gasteiger partial charge >= 0.3 is 0 Å². The van der Waals surface area contributed by atoms with Crippen LogP contribution in [-0.4, -0.2) is 32.6 Å². The molecule has 0 atom stereocenters. The first-order valence-corrected chi connectivity index (χ1v) is 10.8. The van der Waals surface area contributed by atoms with E-state index in [4.69, 9.17) is 11.6 Å². The summed E-state index contributed by atoms with van der Waals surface area (Å²) in [7, 11) is 0. The summed E-state index contributed by atoms with van der Waals surface area (Å²) in [6.07, 6.45) is 1.60. The van der Waals surface area contributed by atoms with Gasteiger partial charge in [-0.1, -0.05) is 84.0 Å². The number of carbonyl (C=O) groups excluding carboxylic acids is 1. The van der Waals surface area contributed by atoms with Gasteiger partial charge in [-0.3, -0.25) is 9.36 Å². The Labute approximate surface area is 189 Å². The van der Waals surface area contributed by atoms with E-state index < -0.39 is 0 Å². The lowest BCUT2D eigenvalue weighted by Crippen LogP contribution is -2.20. The van der Waals surface area contributed by atoms with Crippen LogP contribution in [0.4, 0.5) is 0 Å². The lowest BCUT2D eigenvalue weighted by atomic mass is 10.2. The fraction of sp³-hybridized carbons (Fsp3) is 0.0435. The Morgan fingerprint density at radius 2 is 1.65 bits per heavy atom. The highest BCUT2D eigenvalue weighted by Gasteiger charge is 2.17. The van der Waals surface area contributed by atoms with Crippen LogP contribution in [-0.2, 0) is 4.79 Å². The number of hydrazone groups is 1. The summed E-state index contributed by atoms with van der Waals surface area (Å²) >= 11 is 7.34. The zero-order chi connectivity index (χ0) is 21.5. The van der Waals surface area contributed by atoms with E-state index in [0.717, 1.165) is 16.8 Å². The predicted octanol–water partition coefficient (Wildman–Crippen LogP) is 4.83. The Morgan fingerprint density at radius 3 is 2.35 bits per heavy atom. The number of carbonyl (C=O) groups is 1. The van der Waals surface area contributed by atoms with E-state index in [0.29, 0.717) is 16.0 Å². The van der Waals surface area contributed by atoms with Crippen molar-refractivity contribution < 1.29 is 4.79 Å². The van der Waals surface area contributed by atoms with Crippen molar-refractivity contribution in [1.82, 2.24) is 20.2 Å². The minimum atomic E-state index is -0.232. The van der Waals surface area contributed by atoms with E-state index in [1.807, 2.05) is 89.5 Å². The van der Waals surface area contributed by atoms with E-state index in [1.165, 1.54) is 11.8 Å². The lowest BCUT2D eigenvalue weighted by molar-refractivity contribution is -0.118. The minimum Gasteiger partial charge on any atom is -0.272 e. The van der Waals surface area contributed by atoms with Gasteiger partial charge in [0.1, 0.15) is 0 Å². The number of halogens is 1. The van der Waals surface area contributed by atoms with Crippen molar-refractivity contribution >= 4 is 35.5 Å². The number of amides is 1. The van der Waals surface area contributed by atoms with Gasteiger partial charge in [0, 0.05) is 16.3 Å². The van der Waals surface area contributed by atoms with E-state index >= 15 is 0 Å². The monoisotopic (exact) mass is 447 g/mol. The second kappa shape index (κ2) is 10.1. The van der Waals surface area contributed by atoms with Crippen LogP contribution < -0.4 is 5.43 Å². The highest BCUT2D eigenvalue weighted by Crippen LogP contribution is 2.28. The first-order valence-electron chi connectivity index (χ1n) is 9.47. The summed E-state index contributed by atoms with van der Waals surface area (Å²) in [6, 6.07) is 26.7. The number of benzene rings is 3. The lowest BCUT2D eigenvalue weighted by Gasteiger charge is -2.10. The molecule has 0 aliphatic heterocycles. The zero-order valence-corrected chi connectivity index (χ0v) is 17.9. The molecule has 8 heteroatoms. The quantitative estimate of drug-likeness (QED) is 0.250. The van der Waals surface area contributed by atoms with Crippen molar-refractivity contribution in [3.05, 3.63) is 95.5 Å². The third-order valence-corrected chi connectivity index (χ3v) is 5.47.